The van der Waals surface area contributed by atoms with Gasteiger partial charge >= 0.3 is 0 Å². The fourth-order valence-electron chi connectivity index (χ4n) is 4.64. The van der Waals surface area contributed by atoms with Crippen molar-refractivity contribution in [1.82, 2.24) is 4.90 Å². The van der Waals surface area contributed by atoms with Crippen LogP contribution in [0, 0.1) is 5.92 Å². The highest BCUT2D eigenvalue weighted by molar-refractivity contribution is 5.45. The SMILES string of the molecule is C=CC[C@]12CCN(CC3CC3)[C@H](Cc3ccc(O)cc31)[C@H]2O. The van der Waals surface area contributed by atoms with E-state index in [1.165, 1.54) is 18.4 Å². The summed E-state index contributed by atoms with van der Waals surface area (Å²) in [7, 11) is 0. The maximum Gasteiger partial charge on any atom is 0.115 e. The zero-order valence-electron chi connectivity index (χ0n) is 13.0. The van der Waals surface area contributed by atoms with E-state index >= 15 is 0 Å². The molecule has 1 saturated heterocycles. The molecule has 1 aromatic carbocycles. The molecule has 2 N–H and O–H groups in total. The lowest BCUT2D eigenvalue weighted by atomic mass is 9.60. The standard InChI is InChI=1S/C19H25NO2/c1-2-7-19-8-9-20(12-13-3-4-13)17(18(19)22)10-14-5-6-15(21)11-16(14)19/h2,5-6,11,13,17-18,21-22H,1,3-4,7-10,12H2/t17-,18-,19+/m1/s1. The Hall–Kier alpha value is -1.32. The van der Waals surface area contributed by atoms with Gasteiger partial charge in [0.2, 0.25) is 0 Å². The fraction of sp³-hybridized carbons (Fsp3) is 0.579. The molecule has 3 aliphatic rings. The van der Waals surface area contributed by atoms with Crippen LogP contribution in [0.3, 0.4) is 0 Å². The summed E-state index contributed by atoms with van der Waals surface area (Å²) in [4.78, 5) is 2.51. The highest BCUT2D eigenvalue weighted by atomic mass is 16.3. The molecule has 0 radical (unpaired) electrons. The van der Waals surface area contributed by atoms with Gasteiger partial charge in [0.15, 0.2) is 0 Å². The first-order chi connectivity index (χ1) is 10.6. The topological polar surface area (TPSA) is 43.7 Å². The second kappa shape index (κ2) is 5.10. The van der Waals surface area contributed by atoms with Gasteiger partial charge in [-0.1, -0.05) is 12.1 Å². The molecule has 0 aromatic heterocycles. The predicted molar refractivity (Wildman–Crippen MR) is 87.0 cm³/mol. The van der Waals surface area contributed by atoms with E-state index in [2.05, 4.69) is 11.5 Å². The van der Waals surface area contributed by atoms with Gasteiger partial charge in [-0.15, -0.1) is 6.58 Å². The number of fused-ring (bicyclic) bond motifs is 4. The Balaban J connectivity index is 1.75. The number of piperidine rings is 1. The lowest BCUT2D eigenvalue weighted by molar-refractivity contribution is -0.0583. The molecule has 3 nitrogen and oxygen atoms in total. The predicted octanol–water partition coefficient (Wildman–Crippen LogP) is 2.61. The van der Waals surface area contributed by atoms with Crippen LogP contribution in [-0.2, 0) is 11.8 Å². The Bertz CT molecular complexity index is 595. The summed E-state index contributed by atoms with van der Waals surface area (Å²) >= 11 is 0. The van der Waals surface area contributed by atoms with E-state index in [1.807, 2.05) is 18.2 Å². The largest absolute Gasteiger partial charge is 0.508 e. The van der Waals surface area contributed by atoms with Crippen molar-refractivity contribution < 1.29 is 10.2 Å². The molecule has 0 spiro atoms. The highest BCUT2D eigenvalue weighted by Gasteiger charge is 2.52. The maximum absolute atomic E-state index is 11.1. The minimum atomic E-state index is -0.368. The molecule has 22 heavy (non-hydrogen) atoms. The van der Waals surface area contributed by atoms with E-state index in [1.54, 1.807) is 6.07 Å². The number of hydrogen-bond acceptors (Lipinski definition) is 3. The summed E-state index contributed by atoms with van der Waals surface area (Å²) < 4.78 is 0. The first kappa shape index (κ1) is 14.3. The van der Waals surface area contributed by atoms with E-state index < -0.39 is 0 Å². The normalized spacial score (nSPS) is 34.2. The minimum Gasteiger partial charge on any atom is -0.508 e. The van der Waals surface area contributed by atoms with Crippen LogP contribution < -0.4 is 0 Å². The van der Waals surface area contributed by atoms with Gasteiger partial charge in [0.25, 0.3) is 0 Å². The van der Waals surface area contributed by atoms with Gasteiger partial charge in [0, 0.05) is 18.0 Å². The van der Waals surface area contributed by atoms with Crippen LogP contribution >= 0.6 is 0 Å². The number of rotatable bonds is 4. The third-order valence-corrected chi connectivity index (χ3v) is 6.00. The van der Waals surface area contributed by atoms with E-state index in [-0.39, 0.29) is 17.6 Å². The smallest absolute Gasteiger partial charge is 0.115 e. The van der Waals surface area contributed by atoms with Crippen molar-refractivity contribution in [2.24, 2.45) is 5.92 Å². The summed E-state index contributed by atoms with van der Waals surface area (Å²) in [6.07, 6.45) is 6.87. The molecule has 2 fully saturated rings. The number of benzene rings is 1. The van der Waals surface area contributed by atoms with Crippen molar-refractivity contribution in [1.29, 1.82) is 0 Å². The van der Waals surface area contributed by atoms with Crippen molar-refractivity contribution in [3.8, 4) is 5.75 Å². The molecule has 2 bridgehead atoms. The molecule has 4 rings (SSSR count). The Morgan fingerprint density at radius 3 is 2.91 bits per heavy atom. The number of likely N-dealkylation sites (tertiary alicyclic amines) is 1. The zero-order valence-corrected chi connectivity index (χ0v) is 13.0. The van der Waals surface area contributed by atoms with Crippen molar-refractivity contribution in [2.75, 3.05) is 13.1 Å². The number of aromatic hydroxyl groups is 1. The molecular weight excluding hydrogens is 274 g/mol. The highest BCUT2D eigenvalue weighted by Crippen LogP contribution is 2.49. The van der Waals surface area contributed by atoms with Crippen LogP contribution in [-0.4, -0.2) is 40.3 Å². The van der Waals surface area contributed by atoms with Gasteiger partial charge in [-0.25, -0.2) is 0 Å². The summed E-state index contributed by atoms with van der Waals surface area (Å²) in [5.41, 5.74) is 2.16. The zero-order chi connectivity index (χ0) is 15.3. The lowest BCUT2D eigenvalue weighted by Crippen LogP contribution is -2.63. The number of nitrogens with zero attached hydrogens (tertiary/aromatic N) is 1. The summed E-state index contributed by atoms with van der Waals surface area (Å²) in [6.45, 7) is 6.10. The summed E-state index contributed by atoms with van der Waals surface area (Å²) in [5.74, 6) is 1.15. The van der Waals surface area contributed by atoms with Crippen LogP contribution in [0.15, 0.2) is 30.9 Å². The third kappa shape index (κ3) is 2.10. The summed E-state index contributed by atoms with van der Waals surface area (Å²) in [5, 5.41) is 21.1. The monoisotopic (exact) mass is 299 g/mol. The molecule has 1 heterocycles. The molecule has 3 atom stereocenters. The van der Waals surface area contributed by atoms with E-state index in [9.17, 15) is 10.2 Å². The van der Waals surface area contributed by atoms with Crippen LogP contribution in [0.5, 0.6) is 5.75 Å². The number of phenolic OH excluding ortho intramolecular Hbond substituents is 1. The number of aliphatic hydroxyl groups excluding tert-OH is 1. The molecule has 2 aliphatic carbocycles. The first-order valence-electron chi connectivity index (χ1n) is 8.49. The van der Waals surface area contributed by atoms with E-state index in [0.29, 0.717) is 5.75 Å². The van der Waals surface area contributed by atoms with Crippen molar-refractivity contribution in [3.63, 3.8) is 0 Å². The van der Waals surface area contributed by atoms with E-state index in [4.69, 9.17) is 0 Å². The summed E-state index contributed by atoms with van der Waals surface area (Å²) in [6, 6.07) is 5.90. The average Bonchev–Trinajstić information content (AvgIpc) is 3.30. The van der Waals surface area contributed by atoms with Crippen molar-refractivity contribution >= 4 is 0 Å². The van der Waals surface area contributed by atoms with Gasteiger partial charge in [-0.2, -0.15) is 0 Å². The Morgan fingerprint density at radius 1 is 1.36 bits per heavy atom. The number of aliphatic hydroxyl groups is 1. The number of phenols is 1. The van der Waals surface area contributed by atoms with Crippen LogP contribution in [0.1, 0.15) is 36.8 Å². The van der Waals surface area contributed by atoms with Crippen LogP contribution in [0.4, 0.5) is 0 Å². The molecule has 3 heteroatoms. The van der Waals surface area contributed by atoms with Gasteiger partial charge < -0.3 is 10.2 Å². The second-order valence-corrected chi connectivity index (χ2v) is 7.40. The molecule has 0 unspecified atom stereocenters. The van der Waals surface area contributed by atoms with Crippen LogP contribution in [0.2, 0.25) is 0 Å². The Labute approximate surface area is 132 Å². The molecule has 118 valence electrons. The fourth-order valence-corrected chi connectivity index (χ4v) is 4.64. The van der Waals surface area contributed by atoms with Gasteiger partial charge in [0.1, 0.15) is 5.75 Å². The van der Waals surface area contributed by atoms with Gasteiger partial charge in [0.05, 0.1) is 6.10 Å². The quantitative estimate of drug-likeness (QED) is 0.840. The molecule has 1 aromatic rings. The molecule has 1 saturated carbocycles. The first-order valence-corrected chi connectivity index (χ1v) is 8.49. The lowest BCUT2D eigenvalue weighted by Gasteiger charge is -2.54. The van der Waals surface area contributed by atoms with Gasteiger partial charge in [-0.3, -0.25) is 4.90 Å². The van der Waals surface area contributed by atoms with Crippen molar-refractivity contribution in [2.45, 2.75) is 49.7 Å². The van der Waals surface area contributed by atoms with E-state index in [0.717, 1.165) is 43.8 Å². The Kier molecular flexibility index (Phi) is 3.31. The Morgan fingerprint density at radius 2 is 2.18 bits per heavy atom. The maximum atomic E-state index is 11.1. The number of allylic oxidation sites excluding steroid dienone is 1. The van der Waals surface area contributed by atoms with Gasteiger partial charge in [-0.05, 0) is 67.8 Å². The van der Waals surface area contributed by atoms with Crippen LogP contribution in [0.25, 0.3) is 0 Å². The molecule has 0 amide bonds. The average molecular weight is 299 g/mol. The minimum absolute atomic E-state index is 0.214. The molecule has 1 aliphatic heterocycles. The second-order valence-electron chi connectivity index (χ2n) is 7.40. The van der Waals surface area contributed by atoms with Crippen molar-refractivity contribution in [3.05, 3.63) is 42.0 Å². The molecular formula is C19H25NO2. The number of hydrogen-bond donors (Lipinski definition) is 2. The third-order valence-electron chi connectivity index (χ3n) is 6.00.